The van der Waals surface area contributed by atoms with Crippen LogP contribution in [0.15, 0.2) is 11.8 Å². The van der Waals surface area contributed by atoms with Crippen LogP contribution in [0.2, 0.25) is 0 Å². The van der Waals surface area contributed by atoms with Gasteiger partial charge in [0.1, 0.15) is 0 Å². The van der Waals surface area contributed by atoms with Crippen molar-refractivity contribution < 1.29 is 4.84 Å². The van der Waals surface area contributed by atoms with Crippen molar-refractivity contribution in [3.8, 4) is 0 Å². The van der Waals surface area contributed by atoms with Crippen LogP contribution in [0.4, 0.5) is 0 Å². The lowest BCUT2D eigenvalue weighted by Crippen LogP contribution is -2.38. The lowest BCUT2D eigenvalue weighted by Gasteiger charge is -2.30. The summed E-state index contributed by atoms with van der Waals surface area (Å²) in [7, 11) is 0. The van der Waals surface area contributed by atoms with Crippen molar-refractivity contribution in [2.45, 2.75) is 110 Å². The fraction of sp³-hybridized carbons (Fsp3) is 0.905. The maximum absolute atomic E-state index is 5.76. The van der Waals surface area contributed by atoms with E-state index >= 15 is 0 Å². The molecule has 0 amide bonds. The molecule has 0 bridgehead atoms. The zero-order valence-electron chi connectivity index (χ0n) is 16.8. The number of nitrogens with one attached hydrogen (secondary N) is 1. The Morgan fingerprint density at radius 3 is 2.12 bits per heavy atom. The molecule has 0 saturated carbocycles. The van der Waals surface area contributed by atoms with Crippen molar-refractivity contribution in [2.75, 3.05) is 13.2 Å². The third-order valence-electron chi connectivity index (χ3n) is 4.98. The van der Waals surface area contributed by atoms with Gasteiger partial charge < -0.3 is 0 Å². The lowest BCUT2D eigenvalue weighted by atomic mass is 10.0. The predicted molar refractivity (Wildman–Crippen MR) is 105 cm³/mol. The summed E-state index contributed by atoms with van der Waals surface area (Å²) in [5, 5.41) is 0. The second-order valence-corrected chi connectivity index (χ2v) is 7.83. The third-order valence-corrected chi connectivity index (χ3v) is 4.98. The zero-order chi connectivity index (χ0) is 17.6. The zero-order valence-corrected chi connectivity index (χ0v) is 16.8. The normalized spacial score (nSPS) is 18.4. The van der Waals surface area contributed by atoms with E-state index in [-0.39, 0.29) is 0 Å². The third kappa shape index (κ3) is 10.4. The van der Waals surface area contributed by atoms with Gasteiger partial charge in [0.15, 0.2) is 0 Å². The molecule has 0 spiro atoms. The summed E-state index contributed by atoms with van der Waals surface area (Å²) in [6.07, 6.45) is 16.8. The summed E-state index contributed by atoms with van der Waals surface area (Å²) in [5.74, 6) is 0. The highest BCUT2D eigenvalue weighted by Gasteiger charge is 2.12. The van der Waals surface area contributed by atoms with Crippen molar-refractivity contribution in [1.82, 2.24) is 10.4 Å². The quantitative estimate of drug-likeness (QED) is 0.446. The van der Waals surface area contributed by atoms with Crippen LogP contribution >= 0.6 is 0 Å². The first-order valence-electron chi connectivity index (χ1n) is 10.4. The van der Waals surface area contributed by atoms with E-state index < -0.39 is 0 Å². The SMILES string of the molecule is CC(C)N(CCCONC1=CCCCCCCCCCC1)C(C)C. The van der Waals surface area contributed by atoms with E-state index in [0.29, 0.717) is 12.1 Å². The molecule has 1 N–H and O–H groups in total. The number of rotatable bonds is 8. The summed E-state index contributed by atoms with van der Waals surface area (Å²) in [6, 6.07) is 1.21. The van der Waals surface area contributed by atoms with Crippen molar-refractivity contribution in [1.29, 1.82) is 0 Å². The van der Waals surface area contributed by atoms with Crippen LogP contribution < -0.4 is 5.48 Å². The van der Waals surface area contributed by atoms with Gasteiger partial charge in [0, 0.05) is 24.3 Å². The molecule has 142 valence electrons. The van der Waals surface area contributed by atoms with Crippen LogP contribution in [0.5, 0.6) is 0 Å². The number of allylic oxidation sites excluding steroid dienone is 2. The molecule has 0 radical (unpaired) electrons. The van der Waals surface area contributed by atoms with Crippen molar-refractivity contribution in [3.63, 3.8) is 0 Å². The van der Waals surface area contributed by atoms with Crippen LogP contribution in [-0.2, 0) is 4.84 Å². The summed E-state index contributed by atoms with van der Waals surface area (Å²) < 4.78 is 0. The average Bonchev–Trinajstić information content (AvgIpc) is 2.51. The van der Waals surface area contributed by atoms with Gasteiger partial charge in [0.2, 0.25) is 0 Å². The average molecular weight is 339 g/mol. The van der Waals surface area contributed by atoms with Crippen LogP contribution in [-0.4, -0.2) is 30.1 Å². The van der Waals surface area contributed by atoms with E-state index in [4.69, 9.17) is 4.84 Å². The minimum atomic E-state index is 0.604. The molecule has 24 heavy (non-hydrogen) atoms. The maximum atomic E-state index is 5.76. The van der Waals surface area contributed by atoms with E-state index in [1.807, 2.05) is 0 Å². The van der Waals surface area contributed by atoms with Crippen LogP contribution in [0.1, 0.15) is 98.3 Å². The molecule has 0 unspecified atom stereocenters. The highest BCUT2D eigenvalue weighted by Crippen LogP contribution is 2.15. The fourth-order valence-corrected chi connectivity index (χ4v) is 3.57. The van der Waals surface area contributed by atoms with Crippen LogP contribution in [0.25, 0.3) is 0 Å². The Kier molecular flexibility index (Phi) is 12.3. The van der Waals surface area contributed by atoms with Gasteiger partial charge in [-0.05, 0) is 59.8 Å². The Bertz CT molecular complexity index is 318. The topological polar surface area (TPSA) is 24.5 Å². The van der Waals surface area contributed by atoms with E-state index in [1.165, 1.54) is 63.5 Å². The minimum absolute atomic E-state index is 0.604. The highest BCUT2D eigenvalue weighted by molar-refractivity contribution is 4.97. The number of hydroxylamine groups is 1. The first-order chi connectivity index (χ1) is 11.6. The monoisotopic (exact) mass is 338 g/mol. The molecular formula is C21H42N2O. The number of hydrogen-bond donors (Lipinski definition) is 1. The van der Waals surface area contributed by atoms with E-state index in [9.17, 15) is 0 Å². The molecule has 0 aromatic rings. The van der Waals surface area contributed by atoms with Gasteiger partial charge in [-0.1, -0.05) is 44.6 Å². The Balaban J connectivity index is 2.24. The van der Waals surface area contributed by atoms with Gasteiger partial charge in [0.05, 0.1) is 6.61 Å². The molecule has 0 saturated heterocycles. The van der Waals surface area contributed by atoms with Gasteiger partial charge in [-0.2, -0.15) is 0 Å². The Morgan fingerprint density at radius 2 is 1.50 bits per heavy atom. The van der Waals surface area contributed by atoms with Crippen molar-refractivity contribution >= 4 is 0 Å². The van der Waals surface area contributed by atoms with E-state index in [2.05, 4.69) is 44.2 Å². The predicted octanol–water partition coefficient (Wildman–Crippen LogP) is 5.82. The van der Waals surface area contributed by atoms with E-state index in [0.717, 1.165) is 26.0 Å². The summed E-state index contributed by atoms with van der Waals surface area (Å²) >= 11 is 0. The Labute approximate surface area is 151 Å². The fourth-order valence-electron chi connectivity index (χ4n) is 3.57. The Hall–Kier alpha value is -0.540. The highest BCUT2D eigenvalue weighted by atomic mass is 16.6. The summed E-state index contributed by atoms with van der Waals surface area (Å²) in [4.78, 5) is 8.29. The second-order valence-electron chi connectivity index (χ2n) is 7.83. The molecule has 0 heterocycles. The van der Waals surface area contributed by atoms with Crippen LogP contribution in [0, 0.1) is 0 Å². The van der Waals surface area contributed by atoms with Gasteiger partial charge >= 0.3 is 0 Å². The largest absolute Gasteiger partial charge is 0.298 e. The molecule has 0 aliphatic heterocycles. The van der Waals surface area contributed by atoms with Crippen LogP contribution in [0.3, 0.4) is 0 Å². The molecule has 0 aromatic heterocycles. The van der Waals surface area contributed by atoms with Gasteiger partial charge in [-0.15, -0.1) is 0 Å². The Morgan fingerprint density at radius 1 is 0.917 bits per heavy atom. The molecule has 1 aliphatic carbocycles. The summed E-state index contributed by atoms with van der Waals surface area (Å²) in [6.45, 7) is 11.0. The second kappa shape index (κ2) is 13.7. The molecule has 0 fully saturated rings. The van der Waals surface area contributed by atoms with Crippen molar-refractivity contribution in [2.24, 2.45) is 0 Å². The molecule has 0 aromatic carbocycles. The first kappa shape index (κ1) is 21.5. The molecule has 3 nitrogen and oxygen atoms in total. The smallest absolute Gasteiger partial charge is 0.0758 e. The number of nitrogens with zero attached hydrogens (tertiary/aromatic N) is 1. The first-order valence-corrected chi connectivity index (χ1v) is 10.4. The maximum Gasteiger partial charge on any atom is 0.0758 e. The molecular weight excluding hydrogens is 296 g/mol. The van der Waals surface area contributed by atoms with Gasteiger partial charge in [0.25, 0.3) is 0 Å². The summed E-state index contributed by atoms with van der Waals surface area (Å²) in [5.41, 5.74) is 4.55. The van der Waals surface area contributed by atoms with Crippen molar-refractivity contribution in [3.05, 3.63) is 11.8 Å². The standard InChI is InChI=1S/C21H42N2O/c1-19(2)23(20(3)4)17-14-18-24-22-21-15-12-10-8-6-5-7-9-11-13-16-21/h15,19-20,22H,5-14,16-18H2,1-4H3. The van der Waals surface area contributed by atoms with Gasteiger partial charge in [-0.25, -0.2) is 0 Å². The lowest BCUT2D eigenvalue weighted by molar-refractivity contribution is 0.0476. The van der Waals surface area contributed by atoms with Gasteiger partial charge in [-0.3, -0.25) is 15.2 Å². The number of hydrogen-bond acceptors (Lipinski definition) is 3. The molecule has 1 aliphatic rings. The minimum Gasteiger partial charge on any atom is -0.298 e. The molecule has 0 atom stereocenters. The molecule has 3 heteroatoms. The molecule has 1 rings (SSSR count). The van der Waals surface area contributed by atoms with E-state index in [1.54, 1.807) is 0 Å².